The number of aromatic nitrogens is 3. The highest BCUT2D eigenvalue weighted by Gasteiger charge is 2.10. The second kappa shape index (κ2) is 6.78. The van der Waals surface area contributed by atoms with Crippen molar-refractivity contribution in [1.82, 2.24) is 14.8 Å². The van der Waals surface area contributed by atoms with Crippen LogP contribution >= 0.6 is 39.1 Å². The molecule has 2 aromatic rings. The van der Waals surface area contributed by atoms with E-state index in [0.29, 0.717) is 22.5 Å². The van der Waals surface area contributed by atoms with Crippen molar-refractivity contribution in [1.29, 1.82) is 0 Å². The molecular weight excluding hydrogens is 363 g/mol. The minimum atomic E-state index is 0.496. The molecule has 1 heterocycles. The van der Waals surface area contributed by atoms with Crippen LogP contribution in [0.2, 0.25) is 10.0 Å². The largest absolute Gasteiger partial charge is 0.377 e. The molecule has 2 rings (SSSR count). The summed E-state index contributed by atoms with van der Waals surface area (Å²) in [4.78, 5) is 4.26. The van der Waals surface area contributed by atoms with Gasteiger partial charge in [-0.3, -0.25) is 0 Å². The summed E-state index contributed by atoms with van der Waals surface area (Å²) >= 11 is 15.6. The molecule has 1 aromatic carbocycles. The van der Waals surface area contributed by atoms with Gasteiger partial charge in [-0.15, -0.1) is 0 Å². The SMILES string of the molecule is CC(C)Cn1ncnc1CNc1ccc(Br)c(Cl)c1Cl. The molecule has 1 aromatic heterocycles. The number of nitrogens with one attached hydrogen (secondary N) is 1. The van der Waals surface area contributed by atoms with Crippen molar-refractivity contribution in [3.05, 3.63) is 38.8 Å². The number of nitrogens with zero attached hydrogens (tertiary/aromatic N) is 3. The average Bonchev–Trinajstić information content (AvgIpc) is 2.82. The number of hydrogen-bond acceptors (Lipinski definition) is 3. The summed E-state index contributed by atoms with van der Waals surface area (Å²) in [5.74, 6) is 1.38. The van der Waals surface area contributed by atoms with Gasteiger partial charge in [-0.2, -0.15) is 5.10 Å². The summed E-state index contributed by atoms with van der Waals surface area (Å²) in [5.41, 5.74) is 0.777. The number of anilines is 1. The molecule has 0 bridgehead atoms. The van der Waals surface area contributed by atoms with Crippen LogP contribution in [0.25, 0.3) is 0 Å². The molecule has 0 fully saturated rings. The Bertz CT molecular complexity index is 598. The number of hydrogen-bond donors (Lipinski definition) is 1. The van der Waals surface area contributed by atoms with Gasteiger partial charge in [0.05, 0.1) is 22.3 Å². The standard InChI is InChI=1S/C13H15BrCl2N4/c1-8(2)6-20-11(18-7-19-20)5-17-10-4-3-9(14)12(15)13(10)16/h3-4,7-8,17H,5-6H2,1-2H3. The first kappa shape index (κ1) is 15.6. The van der Waals surface area contributed by atoms with Crippen LogP contribution in [0.1, 0.15) is 19.7 Å². The van der Waals surface area contributed by atoms with Crippen molar-refractivity contribution in [2.75, 3.05) is 5.32 Å². The second-order valence-corrected chi connectivity index (χ2v) is 6.44. The highest BCUT2D eigenvalue weighted by Crippen LogP contribution is 2.35. The van der Waals surface area contributed by atoms with Gasteiger partial charge >= 0.3 is 0 Å². The van der Waals surface area contributed by atoms with Gasteiger partial charge in [-0.1, -0.05) is 37.0 Å². The topological polar surface area (TPSA) is 42.7 Å². The fourth-order valence-corrected chi connectivity index (χ4v) is 2.60. The zero-order valence-corrected chi connectivity index (χ0v) is 14.3. The lowest BCUT2D eigenvalue weighted by Crippen LogP contribution is -2.13. The molecule has 0 amide bonds. The highest BCUT2D eigenvalue weighted by molar-refractivity contribution is 9.10. The van der Waals surface area contributed by atoms with Gasteiger partial charge < -0.3 is 5.32 Å². The maximum absolute atomic E-state index is 6.20. The monoisotopic (exact) mass is 376 g/mol. The van der Waals surface area contributed by atoms with Crippen LogP contribution in [-0.2, 0) is 13.1 Å². The second-order valence-electron chi connectivity index (χ2n) is 4.83. The van der Waals surface area contributed by atoms with Crippen molar-refractivity contribution in [2.24, 2.45) is 5.92 Å². The molecule has 20 heavy (non-hydrogen) atoms. The molecule has 0 aliphatic heterocycles. The lowest BCUT2D eigenvalue weighted by molar-refractivity contribution is 0.468. The predicted octanol–water partition coefficient (Wildman–Crippen LogP) is 4.62. The molecule has 0 saturated heterocycles. The van der Waals surface area contributed by atoms with Crippen molar-refractivity contribution in [3.8, 4) is 0 Å². The number of halogens is 3. The van der Waals surface area contributed by atoms with Crippen molar-refractivity contribution < 1.29 is 0 Å². The molecule has 108 valence electrons. The summed E-state index contributed by atoms with van der Waals surface area (Å²) < 4.78 is 2.67. The zero-order chi connectivity index (χ0) is 14.7. The summed E-state index contributed by atoms with van der Waals surface area (Å²) in [7, 11) is 0. The van der Waals surface area contributed by atoms with Gasteiger partial charge in [0, 0.05) is 11.0 Å². The van der Waals surface area contributed by atoms with Crippen LogP contribution in [0.5, 0.6) is 0 Å². The van der Waals surface area contributed by atoms with E-state index in [-0.39, 0.29) is 0 Å². The van der Waals surface area contributed by atoms with Gasteiger partial charge in [0.25, 0.3) is 0 Å². The van der Waals surface area contributed by atoms with Crippen LogP contribution in [0, 0.1) is 5.92 Å². The maximum atomic E-state index is 6.20. The van der Waals surface area contributed by atoms with Gasteiger partial charge in [-0.25, -0.2) is 9.67 Å². The van der Waals surface area contributed by atoms with Gasteiger partial charge in [-0.05, 0) is 34.0 Å². The van der Waals surface area contributed by atoms with Crippen molar-refractivity contribution >= 4 is 44.8 Å². The Hall–Kier alpha value is -0.780. The Balaban J connectivity index is 2.10. The van der Waals surface area contributed by atoms with Crippen LogP contribution in [0.3, 0.4) is 0 Å². The van der Waals surface area contributed by atoms with E-state index in [4.69, 9.17) is 23.2 Å². The third-order valence-electron chi connectivity index (χ3n) is 2.71. The third kappa shape index (κ3) is 3.65. The van der Waals surface area contributed by atoms with Crippen LogP contribution in [0.15, 0.2) is 22.9 Å². The Morgan fingerprint density at radius 2 is 2.05 bits per heavy atom. The maximum Gasteiger partial charge on any atom is 0.146 e. The van der Waals surface area contributed by atoms with Gasteiger partial charge in [0.15, 0.2) is 0 Å². The van der Waals surface area contributed by atoms with E-state index < -0.39 is 0 Å². The summed E-state index contributed by atoms with van der Waals surface area (Å²) in [5, 5.41) is 8.45. The molecule has 0 spiro atoms. The Morgan fingerprint density at radius 1 is 1.30 bits per heavy atom. The zero-order valence-electron chi connectivity index (χ0n) is 11.2. The van der Waals surface area contributed by atoms with E-state index in [1.807, 2.05) is 16.8 Å². The van der Waals surface area contributed by atoms with Crippen LogP contribution in [0.4, 0.5) is 5.69 Å². The molecule has 0 unspecified atom stereocenters. The summed E-state index contributed by atoms with van der Waals surface area (Å²) in [6, 6.07) is 3.73. The summed E-state index contributed by atoms with van der Waals surface area (Å²) in [6.07, 6.45) is 1.57. The normalized spacial score (nSPS) is 11.1. The smallest absolute Gasteiger partial charge is 0.146 e. The van der Waals surface area contributed by atoms with Crippen molar-refractivity contribution in [3.63, 3.8) is 0 Å². The summed E-state index contributed by atoms with van der Waals surface area (Å²) in [6.45, 7) is 5.67. The first-order chi connectivity index (χ1) is 9.49. The lowest BCUT2D eigenvalue weighted by Gasteiger charge is -2.12. The molecule has 0 atom stereocenters. The molecular formula is C13H15BrCl2N4. The fourth-order valence-electron chi connectivity index (χ4n) is 1.76. The molecule has 0 radical (unpaired) electrons. The molecule has 4 nitrogen and oxygen atoms in total. The van der Waals surface area contributed by atoms with E-state index in [2.05, 4.69) is 45.2 Å². The average molecular weight is 378 g/mol. The molecule has 0 aliphatic rings. The molecule has 0 saturated carbocycles. The molecule has 0 aliphatic carbocycles. The minimum absolute atomic E-state index is 0.496. The predicted molar refractivity (Wildman–Crippen MR) is 86.3 cm³/mol. The quantitative estimate of drug-likeness (QED) is 0.773. The van der Waals surface area contributed by atoms with E-state index >= 15 is 0 Å². The fraction of sp³-hybridized carbons (Fsp3) is 0.385. The minimum Gasteiger partial charge on any atom is -0.377 e. The molecule has 7 heteroatoms. The Labute approximate surface area is 136 Å². The highest BCUT2D eigenvalue weighted by atomic mass is 79.9. The lowest BCUT2D eigenvalue weighted by atomic mass is 10.2. The Kier molecular flexibility index (Phi) is 5.29. The van der Waals surface area contributed by atoms with Crippen molar-refractivity contribution in [2.45, 2.75) is 26.9 Å². The van der Waals surface area contributed by atoms with E-state index in [9.17, 15) is 0 Å². The van der Waals surface area contributed by atoms with E-state index in [1.54, 1.807) is 6.33 Å². The molecule has 1 N–H and O–H groups in total. The number of rotatable bonds is 5. The van der Waals surface area contributed by atoms with Crippen LogP contribution < -0.4 is 5.32 Å². The number of benzene rings is 1. The van der Waals surface area contributed by atoms with E-state index in [0.717, 1.165) is 22.5 Å². The van der Waals surface area contributed by atoms with E-state index in [1.165, 1.54) is 0 Å². The Morgan fingerprint density at radius 3 is 2.75 bits per heavy atom. The first-order valence-corrected chi connectivity index (χ1v) is 7.78. The van der Waals surface area contributed by atoms with Gasteiger partial charge in [0.2, 0.25) is 0 Å². The van der Waals surface area contributed by atoms with Gasteiger partial charge in [0.1, 0.15) is 12.2 Å². The van der Waals surface area contributed by atoms with Crippen LogP contribution in [-0.4, -0.2) is 14.8 Å². The third-order valence-corrected chi connectivity index (χ3v) is 4.48. The first-order valence-electron chi connectivity index (χ1n) is 6.23.